The number of amides is 1. The van der Waals surface area contributed by atoms with Crippen LogP contribution in [0.15, 0.2) is 11.4 Å². The molecule has 0 aromatic carbocycles. The van der Waals surface area contributed by atoms with Crippen molar-refractivity contribution in [2.24, 2.45) is 0 Å². The van der Waals surface area contributed by atoms with Gasteiger partial charge in [-0.25, -0.2) is 0 Å². The Labute approximate surface area is 161 Å². The van der Waals surface area contributed by atoms with Crippen molar-refractivity contribution in [3.8, 4) is 0 Å². The van der Waals surface area contributed by atoms with Crippen molar-refractivity contribution in [2.75, 3.05) is 25.4 Å². The number of carbonyl (C=O) groups excluding carboxylic acids is 1. The standard InChI is InChI=1S/C18H23N5OS2/c24-18(16-13-3-9-25-14(13)4-10-26-16)22-6-1-12(2-7-22)17-21-20-15-11-19-5-8-23(15)17/h3,9,12,16,19H,1-2,4-8,10-11H2. The van der Waals surface area contributed by atoms with Gasteiger partial charge in [-0.1, -0.05) is 0 Å². The fourth-order valence-electron chi connectivity index (χ4n) is 4.29. The highest BCUT2D eigenvalue weighted by Gasteiger charge is 2.34. The first-order valence-electron chi connectivity index (χ1n) is 9.40. The second-order valence-corrected chi connectivity index (χ2v) is 9.42. The Hall–Kier alpha value is -1.38. The molecule has 1 N–H and O–H groups in total. The number of fused-ring (bicyclic) bond motifs is 2. The summed E-state index contributed by atoms with van der Waals surface area (Å²) in [6.07, 6.45) is 3.09. The van der Waals surface area contributed by atoms with Crippen LogP contribution in [0, 0.1) is 0 Å². The van der Waals surface area contributed by atoms with Crippen molar-refractivity contribution in [2.45, 2.75) is 43.5 Å². The van der Waals surface area contributed by atoms with Gasteiger partial charge < -0.3 is 14.8 Å². The molecule has 1 saturated heterocycles. The molecular weight excluding hydrogens is 366 g/mol. The van der Waals surface area contributed by atoms with E-state index in [1.165, 1.54) is 10.4 Å². The van der Waals surface area contributed by atoms with Crippen LogP contribution in [-0.4, -0.2) is 51.0 Å². The number of hydrogen-bond donors (Lipinski definition) is 1. The topological polar surface area (TPSA) is 63.1 Å². The van der Waals surface area contributed by atoms with Gasteiger partial charge in [0.1, 0.15) is 16.9 Å². The number of aromatic nitrogens is 3. The minimum absolute atomic E-state index is 0.00785. The van der Waals surface area contributed by atoms with Gasteiger partial charge in [0.05, 0.1) is 6.54 Å². The summed E-state index contributed by atoms with van der Waals surface area (Å²) in [5, 5.41) is 14.3. The van der Waals surface area contributed by atoms with Crippen LogP contribution in [0.5, 0.6) is 0 Å². The monoisotopic (exact) mass is 389 g/mol. The molecule has 138 valence electrons. The minimum Gasteiger partial charge on any atom is -0.341 e. The van der Waals surface area contributed by atoms with Crippen molar-refractivity contribution in [3.63, 3.8) is 0 Å². The molecule has 5 heterocycles. The first-order valence-corrected chi connectivity index (χ1v) is 11.3. The average molecular weight is 390 g/mol. The second kappa shape index (κ2) is 6.98. The SMILES string of the molecule is O=C(C1SCCc2sccc21)N1CCC(c2nnc3n2CCNC3)CC1. The maximum atomic E-state index is 13.1. The van der Waals surface area contributed by atoms with E-state index in [9.17, 15) is 4.79 Å². The van der Waals surface area contributed by atoms with Gasteiger partial charge in [-0.3, -0.25) is 4.79 Å². The number of thiophene rings is 1. The van der Waals surface area contributed by atoms with Gasteiger partial charge in [0.15, 0.2) is 0 Å². The summed E-state index contributed by atoms with van der Waals surface area (Å²) in [6.45, 7) is 4.42. The molecule has 0 saturated carbocycles. The zero-order valence-corrected chi connectivity index (χ0v) is 16.3. The molecule has 1 fully saturated rings. The Morgan fingerprint density at radius 1 is 1.23 bits per heavy atom. The predicted octanol–water partition coefficient (Wildman–Crippen LogP) is 2.18. The number of rotatable bonds is 2. The van der Waals surface area contributed by atoms with Crippen molar-refractivity contribution in [1.29, 1.82) is 0 Å². The molecule has 0 bridgehead atoms. The molecule has 1 atom stereocenters. The van der Waals surface area contributed by atoms with Crippen LogP contribution in [0.25, 0.3) is 0 Å². The number of thioether (sulfide) groups is 1. The maximum absolute atomic E-state index is 13.1. The molecule has 5 rings (SSSR count). The molecule has 0 spiro atoms. The van der Waals surface area contributed by atoms with Crippen molar-refractivity contribution in [3.05, 3.63) is 33.5 Å². The van der Waals surface area contributed by atoms with Gasteiger partial charge in [0.2, 0.25) is 5.91 Å². The van der Waals surface area contributed by atoms with Crippen LogP contribution in [0.4, 0.5) is 0 Å². The number of hydrogen-bond acceptors (Lipinski definition) is 6. The molecule has 0 radical (unpaired) electrons. The van der Waals surface area contributed by atoms with Crippen LogP contribution >= 0.6 is 23.1 Å². The Morgan fingerprint density at radius 3 is 3.00 bits per heavy atom. The van der Waals surface area contributed by atoms with E-state index in [-0.39, 0.29) is 5.25 Å². The highest BCUT2D eigenvalue weighted by molar-refractivity contribution is 8.00. The van der Waals surface area contributed by atoms with Gasteiger partial charge in [0, 0.05) is 37.0 Å². The summed E-state index contributed by atoms with van der Waals surface area (Å²) in [5.74, 6) is 3.96. The Balaban J connectivity index is 1.26. The Bertz CT molecular complexity index is 808. The zero-order chi connectivity index (χ0) is 17.5. The molecular formula is C18H23N5OS2. The summed E-state index contributed by atoms with van der Waals surface area (Å²) >= 11 is 3.61. The van der Waals surface area contributed by atoms with Gasteiger partial charge in [-0.2, -0.15) is 0 Å². The molecule has 2 aromatic heterocycles. The lowest BCUT2D eigenvalue weighted by Gasteiger charge is -2.35. The Kier molecular flexibility index (Phi) is 4.50. The number of aryl methyl sites for hydroxylation is 1. The first-order chi connectivity index (χ1) is 12.8. The van der Waals surface area contributed by atoms with Crippen LogP contribution in [-0.2, 0) is 24.3 Å². The van der Waals surface area contributed by atoms with E-state index in [2.05, 4.69) is 36.4 Å². The molecule has 26 heavy (non-hydrogen) atoms. The third-order valence-corrected chi connectivity index (χ3v) is 7.95. The van der Waals surface area contributed by atoms with Crippen molar-refractivity contribution >= 4 is 29.0 Å². The van der Waals surface area contributed by atoms with Gasteiger partial charge in [0.25, 0.3) is 0 Å². The number of carbonyl (C=O) groups is 1. The van der Waals surface area contributed by atoms with E-state index < -0.39 is 0 Å². The highest BCUT2D eigenvalue weighted by atomic mass is 32.2. The quantitative estimate of drug-likeness (QED) is 0.853. The Morgan fingerprint density at radius 2 is 2.12 bits per heavy atom. The van der Waals surface area contributed by atoms with E-state index in [0.717, 1.165) is 69.4 Å². The van der Waals surface area contributed by atoms with E-state index in [1.54, 1.807) is 11.3 Å². The fourth-order valence-corrected chi connectivity index (χ4v) is 6.67. The lowest BCUT2D eigenvalue weighted by Crippen LogP contribution is -2.41. The van der Waals surface area contributed by atoms with Crippen LogP contribution in [0.2, 0.25) is 0 Å². The predicted molar refractivity (Wildman–Crippen MR) is 104 cm³/mol. The second-order valence-electron chi connectivity index (χ2n) is 7.20. The maximum Gasteiger partial charge on any atom is 0.240 e. The lowest BCUT2D eigenvalue weighted by molar-refractivity contribution is -0.131. The molecule has 8 heteroatoms. The fraction of sp³-hybridized carbons (Fsp3) is 0.611. The van der Waals surface area contributed by atoms with Crippen molar-refractivity contribution < 1.29 is 4.79 Å². The zero-order valence-electron chi connectivity index (χ0n) is 14.7. The molecule has 3 aliphatic heterocycles. The minimum atomic E-state index is 0.00785. The van der Waals surface area contributed by atoms with Crippen LogP contribution < -0.4 is 5.32 Å². The number of piperidine rings is 1. The third-order valence-electron chi connectivity index (χ3n) is 5.72. The van der Waals surface area contributed by atoms with E-state index in [4.69, 9.17) is 0 Å². The van der Waals surface area contributed by atoms with Gasteiger partial charge in [-0.15, -0.1) is 33.3 Å². The number of nitrogens with one attached hydrogen (secondary N) is 1. The third kappa shape index (κ3) is 2.88. The molecule has 3 aliphatic rings. The summed E-state index contributed by atoms with van der Waals surface area (Å²) in [5.41, 5.74) is 1.26. The smallest absolute Gasteiger partial charge is 0.240 e. The molecule has 1 unspecified atom stereocenters. The first kappa shape index (κ1) is 16.8. The molecule has 0 aliphatic carbocycles. The largest absolute Gasteiger partial charge is 0.341 e. The van der Waals surface area contributed by atoms with E-state index in [0.29, 0.717) is 11.8 Å². The number of nitrogens with zero attached hydrogens (tertiary/aromatic N) is 4. The van der Waals surface area contributed by atoms with Crippen LogP contribution in [0.3, 0.4) is 0 Å². The summed E-state index contributed by atoms with van der Waals surface area (Å²) in [6, 6.07) is 2.15. The summed E-state index contributed by atoms with van der Waals surface area (Å²) in [4.78, 5) is 16.6. The number of likely N-dealkylation sites (tertiary alicyclic amines) is 1. The summed E-state index contributed by atoms with van der Waals surface area (Å²) < 4.78 is 2.28. The molecule has 6 nitrogen and oxygen atoms in total. The molecule has 1 amide bonds. The lowest BCUT2D eigenvalue weighted by atomic mass is 9.95. The van der Waals surface area contributed by atoms with Gasteiger partial charge >= 0.3 is 0 Å². The average Bonchev–Trinajstić information content (AvgIpc) is 3.34. The van der Waals surface area contributed by atoms with Crippen molar-refractivity contribution in [1.82, 2.24) is 25.0 Å². The normalized spacial score (nSPS) is 23.5. The summed E-state index contributed by atoms with van der Waals surface area (Å²) in [7, 11) is 0. The molecule has 2 aromatic rings. The van der Waals surface area contributed by atoms with E-state index in [1.807, 2.05) is 11.8 Å². The van der Waals surface area contributed by atoms with Gasteiger partial charge in [-0.05, 0) is 42.0 Å². The highest BCUT2D eigenvalue weighted by Crippen LogP contribution is 2.41. The van der Waals surface area contributed by atoms with Crippen LogP contribution in [0.1, 0.15) is 46.1 Å². The van der Waals surface area contributed by atoms with E-state index >= 15 is 0 Å².